The Balaban J connectivity index is 1.62. The minimum Gasteiger partial charge on any atom is -0.477 e. The number of hydrogen-bond donors (Lipinski definition) is 0. The lowest BCUT2D eigenvalue weighted by molar-refractivity contribution is 0.00637. The van der Waals surface area contributed by atoms with Crippen LogP contribution in [0.15, 0.2) is 5.16 Å². The van der Waals surface area contributed by atoms with Crippen LogP contribution in [0.3, 0.4) is 0 Å². The van der Waals surface area contributed by atoms with Gasteiger partial charge >= 0.3 is 6.09 Å². The Morgan fingerprint density at radius 2 is 2.03 bits per heavy atom. The maximum absolute atomic E-state index is 15.1. The summed E-state index contributed by atoms with van der Waals surface area (Å²) in [6.45, 7) is 8.56. The summed E-state index contributed by atoms with van der Waals surface area (Å²) in [5, 5.41) is 0.655. The van der Waals surface area contributed by atoms with Gasteiger partial charge in [0.25, 0.3) is 0 Å². The number of amides is 1. The Kier molecular flexibility index (Phi) is 5.71. The van der Waals surface area contributed by atoms with Gasteiger partial charge in [0, 0.05) is 13.0 Å². The summed E-state index contributed by atoms with van der Waals surface area (Å²) < 4.78 is 26.7. The number of anilines is 1. The third-order valence-corrected chi connectivity index (χ3v) is 7.25. The molecule has 0 unspecified atom stereocenters. The van der Waals surface area contributed by atoms with E-state index in [0.29, 0.717) is 35.9 Å². The molecule has 3 aliphatic heterocycles. The van der Waals surface area contributed by atoms with Gasteiger partial charge in [-0.25, -0.2) is 19.2 Å². The van der Waals surface area contributed by atoms with Crippen LogP contribution in [0.5, 0.6) is 5.88 Å². The molecule has 1 amide bonds. The highest BCUT2D eigenvalue weighted by atomic mass is 35.5. The Bertz CT molecular complexity index is 1110. The number of rotatable bonds is 2. The van der Waals surface area contributed by atoms with E-state index in [2.05, 4.69) is 14.9 Å². The van der Waals surface area contributed by atoms with E-state index in [4.69, 9.17) is 26.1 Å². The summed E-state index contributed by atoms with van der Waals surface area (Å²) in [6.07, 6.45) is 2.13. The van der Waals surface area contributed by atoms with Crippen LogP contribution in [-0.4, -0.2) is 68.6 Å². The van der Waals surface area contributed by atoms with E-state index in [-0.39, 0.29) is 40.8 Å². The summed E-state index contributed by atoms with van der Waals surface area (Å²) in [6, 6.07) is -0.0934. The molecular formula is C22H27ClFN5O3S. The maximum atomic E-state index is 15.1. The molecule has 2 bridgehead atoms. The maximum Gasteiger partial charge on any atom is 0.410 e. The van der Waals surface area contributed by atoms with Crippen molar-refractivity contribution in [3.8, 4) is 5.88 Å². The van der Waals surface area contributed by atoms with Crippen molar-refractivity contribution in [2.75, 3.05) is 23.8 Å². The highest BCUT2D eigenvalue weighted by Gasteiger charge is 2.50. The number of fused-ring (bicyclic) bond motifs is 5. The van der Waals surface area contributed by atoms with Crippen molar-refractivity contribution in [2.24, 2.45) is 0 Å². The van der Waals surface area contributed by atoms with Crippen LogP contribution in [0.4, 0.5) is 15.0 Å². The molecule has 3 atom stereocenters. The number of piperazine rings is 1. The van der Waals surface area contributed by atoms with E-state index in [0.717, 1.165) is 18.6 Å². The molecule has 5 heterocycles. The molecule has 0 spiro atoms. The normalized spacial score (nSPS) is 24.2. The molecule has 2 saturated heterocycles. The number of nitrogens with zero attached hydrogens (tertiary/aromatic N) is 5. The van der Waals surface area contributed by atoms with Crippen LogP contribution >= 0.6 is 23.4 Å². The van der Waals surface area contributed by atoms with Crippen molar-refractivity contribution in [1.82, 2.24) is 19.9 Å². The van der Waals surface area contributed by atoms with Crippen molar-refractivity contribution >= 4 is 46.2 Å². The third kappa shape index (κ3) is 3.95. The molecule has 0 N–H and O–H groups in total. The molecule has 2 fully saturated rings. The predicted molar refractivity (Wildman–Crippen MR) is 125 cm³/mol. The molecule has 5 rings (SSSR count). The minimum atomic E-state index is -0.673. The van der Waals surface area contributed by atoms with Crippen LogP contribution in [0, 0.1) is 5.82 Å². The fourth-order valence-electron chi connectivity index (χ4n) is 5.09. The van der Waals surface area contributed by atoms with Crippen molar-refractivity contribution in [2.45, 2.75) is 75.8 Å². The summed E-state index contributed by atoms with van der Waals surface area (Å²) in [7, 11) is 0. The number of hydrogen-bond acceptors (Lipinski definition) is 8. The van der Waals surface area contributed by atoms with Crippen LogP contribution < -0.4 is 9.64 Å². The first-order chi connectivity index (χ1) is 15.7. The van der Waals surface area contributed by atoms with E-state index in [1.807, 2.05) is 32.6 Å². The third-order valence-electron chi connectivity index (χ3n) is 6.27. The van der Waals surface area contributed by atoms with Crippen LogP contribution in [0.25, 0.3) is 10.9 Å². The number of aromatic nitrogens is 3. The van der Waals surface area contributed by atoms with E-state index in [1.165, 1.54) is 11.8 Å². The number of carbonyl (C=O) groups excluding carboxylic acids is 1. The molecule has 0 aromatic carbocycles. The molecule has 2 aromatic rings. The van der Waals surface area contributed by atoms with Gasteiger partial charge < -0.3 is 14.4 Å². The fraction of sp³-hybridized carbons (Fsp3) is 0.636. The first kappa shape index (κ1) is 22.7. The summed E-state index contributed by atoms with van der Waals surface area (Å²) in [4.78, 5) is 30.6. The summed E-state index contributed by atoms with van der Waals surface area (Å²) >= 11 is 7.51. The highest BCUT2D eigenvalue weighted by molar-refractivity contribution is 7.99. The molecule has 178 valence electrons. The van der Waals surface area contributed by atoms with Gasteiger partial charge in [-0.05, 0) is 39.4 Å². The minimum absolute atomic E-state index is 0.0118. The predicted octanol–water partition coefficient (Wildman–Crippen LogP) is 4.67. The van der Waals surface area contributed by atoms with Gasteiger partial charge in [0.2, 0.25) is 5.88 Å². The largest absolute Gasteiger partial charge is 0.477 e. The van der Waals surface area contributed by atoms with Gasteiger partial charge in [0.15, 0.2) is 16.1 Å². The molecular weight excluding hydrogens is 469 g/mol. The number of halogens is 2. The Hall–Kier alpha value is -2.07. The summed E-state index contributed by atoms with van der Waals surface area (Å²) in [5.74, 6) is 0.919. The van der Waals surface area contributed by atoms with E-state index in [1.54, 1.807) is 0 Å². The van der Waals surface area contributed by atoms with Gasteiger partial charge in [-0.1, -0.05) is 30.3 Å². The SMILES string of the molecule is CCSc1nc2c3c(nc(Cl)c(F)c3n1)OCC[C@H]1[C@@H]3CC[C@H](CN21)N3C(=O)OC(C)(C)C. The summed E-state index contributed by atoms with van der Waals surface area (Å²) in [5.41, 5.74) is -0.446. The average Bonchev–Trinajstić information content (AvgIpc) is 3.06. The smallest absolute Gasteiger partial charge is 0.410 e. The first-order valence-corrected chi connectivity index (χ1v) is 12.6. The average molecular weight is 496 g/mol. The number of pyridine rings is 1. The molecule has 33 heavy (non-hydrogen) atoms. The Labute approximate surface area is 201 Å². The van der Waals surface area contributed by atoms with Crippen LogP contribution in [-0.2, 0) is 4.74 Å². The van der Waals surface area contributed by atoms with Crippen LogP contribution in [0.2, 0.25) is 5.15 Å². The van der Waals surface area contributed by atoms with Gasteiger partial charge in [0.05, 0.1) is 24.7 Å². The van der Waals surface area contributed by atoms with Gasteiger partial charge in [-0.15, -0.1) is 0 Å². The zero-order valence-electron chi connectivity index (χ0n) is 19.1. The van der Waals surface area contributed by atoms with E-state index < -0.39 is 11.4 Å². The van der Waals surface area contributed by atoms with E-state index >= 15 is 4.39 Å². The standard InChI is InChI=1S/C22H27ClFN5O3S/c1-5-33-20-25-16-14-18(27-20)28-10-11-6-7-13(29(11)21(30)32-22(2,3)4)12(28)8-9-31-19(14)26-17(23)15(16)24/h11-13H,5-10H2,1-4H3/t11-,12+,13+/m1/s1. The lowest BCUT2D eigenvalue weighted by Crippen LogP contribution is -2.62. The monoisotopic (exact) mass is 495 g/mol. The first-order valence-electron chi connectivity index (χ1n) is 11.3. The van der Waals surface area contributed by atoms with Gasteiger partial charge in [-0.3, -0.25) is 4.90 Å². The fourth-order valence-corrected chi connectivity index (χ4v) is 5.82. The van der Waals surface area contributed by atoms with Crippen LogP contribution in [0.1, 0.15) is 47.0 Å². The zero-order valence-corrected chi connectivity index (χ0v) is 20.7. The van der Waals surface area contributed by atoms with Crippen molar-refractivity contribution in [3.05, 3.63) is 11.0 Å². The molecule has 0 radical (unpaired) electrons. The highest BCUT2D eigenvalue weighted by Crippen LogP contribution is 2.44. The lowest BCUT2D eigenvalue weighted by Gasteiger charge is -2.48. The zero-order chi connectivity index (χ0) is 23.5. The quantitative estimate of drug-likeness (QED) is 0.338. The second-order valence-electron chi connectivity index (χ2n) is 9.55. The molecule has 3 aliphatic rings. The second-order valence-corrected chi connectivity index (χ2v) is 11.1. The molecule has 0 aliphatic carbocycles. The lowest BCUT2D eigenvalue weighted by atomic mass is 9.99. The van der Waals surface area contributed by atoms with Gasteiger partial charge in [-0.2, -0.15) is 4.98 Å². The van der Waals surface area contributed by atoms with Crippen molar-refractivity contribution in [1.29, 1.82) is 0 Å². The van der Waals surface area contributed by atoms with Gasteiger partial charge in [0.1, 0.15) is 22.3 Å². The van der Waals surface area contributed by atoms with Crippen molar-refractivity contribution in [3.63, 3.8) is 0 Å². The van der Waals surface area contributed by atoms with Crippen molar-refractivity contribution < 1.29 is 18.7 Å². The molecule has 2 aromatic heterocycles. The Morgan fingerprint density at radius 1 is 1.24 bits per heavy atom. The Morgan fingerprint density at radius 3 is 2.76 bits per heavy atom. The topological polar surface area (TPSA) is 80.7 Å². The molecule has 11 heteroatoms. The second kappa shape index (κ2) is 8.30. The molecule has 8 nitrogen and oxygen atoms in total. The number of ether oxygens (including phenoxy) is 2. The molecule has 0 saturated carbocycles. The number of carbonyl (C=O) groups is 1. The number of thioether (sulfide) groups is 1. The van der Waals surface area contributed by atoms with E-state index in [9.17, 15) is 4.79 Å².